The van der Waals surface area contributed by atoms with E-state index in [-0.39, 0.29) is 12.2 Å². The zero-order valence-corrected chi connectivity index (χ0v) is 12.7. The van der Waals surface area contributed by atoms with Gasteiger partial charge in [-0.05, 0) is 24.3 Å². The van der Waals surface area contributed by atoms with E-state index < -0.39 is 12.0 Å². The van der Waals surface area contributed by atoms with Crippen LogP contribution < -0.4 is 5.32 Å². The number of ketones is 1. The summed E-state index contributed by atoms with van der Waals surface area (Å²) in [6.07, 6.45) is -0.102. The van der Waals surface area contributed by atoms with E-state index in [4.69, 9.17) is 0 Å². The minimum absolute atomic E-state index is 0.102. The third-order valence-corrected chi connectivity index (χ3v) is 3.50. The molecule has 0 radical (unpaired) electrons. The van der Waals surface area contributed by atoms with Gasteiger partial charge in [-0.3, -0.25) is 4.79 Å². The van der Waals surface area contributed by atoms with Crippen LogP contribution in [0.15, 0.2) is 59.1 Å². The molecule has 0 spiro atoms. The lowest BCUT2D eigenvalue weighted by Crippen LogP contribution is -2.31. The molecule has 2 aromatic rings. The van der Waals surface area contributed by atoms with Gasteiger partial charge in [0.15, 0.2) is 5.78 Å². The second-order valence-electron chi connectivity index (χ2n) is 4.54. The van der Waals surface area contributed by atoms with Crippen molar-refractivity contribution >= 4 is 33.4 Å². The summed E-state index contributed by atoms with van der Waals surface area (Å²) in [6.45, 7) is 0. The third-order valence-electron chi connectivity index (χ3n) is 2.97. The Kier molecular flexibility index (Phi) is 5.11. The van der Waals surface area contributed by atoms with Crippen molar-refractivity contribution in [2.24, 2.45) is 0 Å². The zero-order chi connectivity index (χ0) is 15.2. The summed E-state index contributed by atoms with van der Waals surface area (Å²) in [5, 5.41) is 12.1. The molecule has 0 aliphatic heterocycles. The van der Waals surface area contributed by atoms with Gasteiger partial charge in [-0.25, -0.2) is 4.79 Å². The molecule has 2 rings (SSSR count). The molecule has 0 fully saturated rings. The summed E-state index contributed by atoms with van der Waals surface area (Å²) < 4.78 is 0.903. The Morgan fingerprint density at radius 2 is 1.67 bits per heavy atom. The van der Waals surface area contributed by atoms with Gasteiger partial charge >= 0.3 is 5.97 Å². The van der Waals surface area contributed by atoms with Crippen LogP contribution in [0.25, 0.3) is 0 Å². The van der Waals surface area contributed by atoms with Gasteiger partial charge in [0.25, 0.3) is 0 Å². The maximum Gasteiger partial charge on any atom is 0.326 e. The number of carboxylic acid groups (broad SMARTS) is 1. The molecule has 21 heavy (non-hydrogen) atoms. The summed E-state index contributed by atoms with van der Waals surface area (Å²) in [4.78, 5) is 23.4. The van der Waals surface area contributed by atoms with Gasteiger partial charge in [0, 0.05) is 22.1 Å². The molecule has 0 aliphatic rings. The Labute approximate surface area is 130 Å². The molecule has 0 unspecified atom stereocenters. The Bertz CT molecular complexity index is 626. The Morgan fingerprint density at radius 3 is 2.24 bits per heavy atom. The van der Waals surface area contributed by atoms with Gasteiger partial charge < -0.3 is 10.4 Å². The molecule has 2 N–H and O–H groups in total. The summed E-state index contributed by atoms with van der Waals surface area (Å²) in [7, 11) is 0. The first-order valence-corrected chi connectivity index (χ1v) is 7.19. The molecule has 0 aliphatic carbocycles. The number of carboxylic acids is 1. The van der Waals surface area contributed by atoms with Crippen molar-refractivity contribution in [1.82, 2.24) is 0 Å². The first-order chi connectivity index (χ1) is 10.1. The van der Waals surface area contributed by atoms with Crippen LogP contribution in [-0.4, -0.2) is 22.9 Å². The summed E-state index contributed by atoms with van der Waals surface area (Å²) >= 11 is 3.31. The highest BCUT2D eigenvalue weighted by molar-refractivity contribution is 9.10. The predicted octanol–water partition coefficient (Wildman–Crippen LogP) is 3.59. The van der Waals surface area contributed by atoms with Crippen molar-refractivity contribution < 1.29 is 14.7 Å². The Balaban J connectivity index is 2.07. The highest BCUT2D eigenvalue weighted by atomic mass is 79.9. The van der Waals surface area contributed by atoms with Crippen molar-refractivity contribution in [3.8, 4) is 0 Å². The van der Waals surface area contributed by atoms with Crippen LogP contribution in [0, 0.1) is 0 Å². The molecular weight excluding hydrogens is 334 g/mol. The van der Waals surface area contributed by atoms with E-state index in [1.54, 1.807) is 48.5 Å². The molecule has 0 saturated heterocycles. The van der Waals surface area contributed by atoms with E-state index >= 15 is 0 Å². The van der Waals surface area contributed by atoms with E-state index in [2.05, 4.69) is 21.2 Å². The number of hydrogen-bond acceptors (Lipinski definition) is 3. The Hall–Kier alpha value is -2.14. The number of nitrogens with one attached hydrogen (secondary N) is 1. The fourth-order valence-corrected chi connectivity index (χ4v) is 2.14. The van der Waals surface area contributed by atoms with Gasteiger partial charge in [-0.2, -0.15) is 0 Å². The fourth-order valence-electron chi connectivity index (χ4n) is 1.87. The smallest absolute Gasteiger partial charge is 0.326 e. The van der Waals surface area contributed by atoms with Gasteiger partial charge in [-0.15, -0.1) is 0 Å². The molecule has 0 heterocycles. The van der Waals surface area contributed by atoms with Crippen LogP contribution in [0.3, 0.4) is 0 Å². The van der Waals surface area contributed by atoms with Crippen molar-refractivity contribution in [2.45, 2.75) is 12.5 Å². The molecule has 5 heteroatoms. The predicted molar refractivity (Wildman–Crippen MR) is 84.6 cm³/mol. The van der Waals surface area contributed by atoms with Crippen LogP contribution in [0.4, 0.5) is 5.69 Å². The van der Waals surface area contributed by atoms with Crippen molar-refractivity contribution in [1.29, 1.82) is 0 Å². The topological polar surface area (TPSA) is 66.4 Å². The van der Waals surface area contributed by atoms with Crippen LogP contribution >= 0.6 is 15.9 Å². The van der Waals surface area contributed by atoms with E-state index in [1.807, 2.05) is 6.07 Å². The van der Waals surface area contributed by atoms with E-state index in [1.165, 1.54) is 0 Å². The summed E-state index contributed by atoms with van der Waals surface area (Å²) in [6, 6.07) is 14.9. The second-order valence-corrected chi connectivity index (χ2v) is 5.45. The first kappa shape index (κ1) is 15.3. The molecular formula is C16H14BrNO3. The van der Waals surface area contributed by atoms with Gasteiger partial charge in [0.05, 0.1) is 0 Å². The minimum Gasteiger partial charge on any atom is -0.480 e. The maximum absolute atomic E-state index is 12.1. The van der Waals surface area contributed by atoms with Crippen LogP contribution in [0.1, 0.15) is 16.8 Å². The minimum atomic E-state index is -1.05. The second kappa shape index (κ2) is 7.04. The number of halogens is 1. The number of carbonyl (C=O) groups excluding carboxylic acids is 1. The number of carbonyl (C=O) groups is 2. The van der Waals surface area contributed by atoms with Gasteiger partial charge in [0.1, 0.15) is 6.04 Å². The lowest BCUT2D eigenvalue weighted by molar-refractivity contribution is -0.137. The van der Waals surface area contributed by atoms with E-state index in [9.17, 15) is 14.7 Å². The van der Waals surface area contributed by atoms with Crippen LogP contribution in [0.5, 0.6) is 0 Å². The number of aliphatic carboxylic acids is 1. The number of benzene rings is 2. The molecule has 0 aromatic heterocycles. The SMILES string of the molecule is O=C(C[C@H](Nc1ccc(Br)cc1)C(=O)O)c1ccccc1. The average Bonchev–Trinajstić information content (AvgIpc) is 2.49. The van der Waals surface area contributed by atoms with Crippen LogP contribution in [0.2, 0.25) is 0 Å². The number of anilines is 1. The largest absolute Gasteiger partial charge is 0.480 e. The molecule has 0 bridgehead atoms. The van der Waals surface area contributed by atoms with Gasteiger partial charge in [0.2, 0.25) is 0 Å². The number of hydrogen-bond donors (Lipinski definition) is 2. The molecule has 0 saturated carbocycles. The standard InChI is InChI=1S/C16H14BrNO3/c17-12-6-8-13(9-7-12)18-14(16(20)21)10-15(19)11-4-2-1-3-5-11/h1-9,14,18H,10H2,(H,20,21)/t14-/m0/s1. The lowest BCUT2D eigenvalue weighted by atomic mass is 10.0. The molecule has 0 amide bonds. The van der Waals surface area contributed by atoms with E-state index in [0.717, 1.165) is 4.47 Å². The number of rotatable bonds is 6. The molecule has 2 aromatic carbocycles. The molecule has 1 atom stereocenters. The van der Waals surface area contributed by atoms with Crippen molar-refractivity contribution in [2.75, 3.05) is 5.32 Å². The lowest BCUT2D eigenvalue weighted by Gasteiger charge is -2.15. The maximum atomic E-state index is 12.1. The summed E-state index contributed by atoms with van der Waals surface area (Å²) in [5.41, 5.74) is 1.17. The first-order valence-electron chi connectivity index (χ1n) is 6.39. The summed E-state index contributed by atoms with van der Waals surface area (Å²) in [5.74, 6) is -1.25. The van der Waals surface area contributed by atoms with Crippen molar-refractivity contribution in [3.05, 3.63) is 64.6 Å². The zero-order valence-electron chi connectivity index (χ0n) is 11.1. The molecule has 4 nitrogen and oxygen atoms in total. The Morgan fingerprint density at radius 1 is 1.05 bits per heavy atom. The van der Waals surface area contributed by atoms with Crippen molar-refractivity contribution in [3.63, 3.8) is 0 Å². The van der Waals surface area contributed by atoms with Gasteiger partial charge in [-0.1, -0.05) is 46.3 Å². The molecule has 108 valence electrons. The highest BCUT2D eigenvalue weighted by Crippen LogP contribution is 2.16. The quantitative estimate of drug-likeness (QED) is 0.783. The number of Topliss-reactive ketones (excluding diaryl/α,β-unsaturated/α-hetero) is 1. The highest BCUT2D eigenvalue weighted by Gasteiger charge is 2.21. The third kappa shape index (κ3) is 4.43. The average molecular weight is 348 g/mol. The van der Waals surface area contributed by atoms with E-state index in [0.29, 0.717) is 11.3 Å². The monoisotopic (exact) mass is 347 g/mol. The normalized spacial score (nSPS) is 11.7. The fraction of sp³-hybridized carbons (Fsp3) is 0.125. The van der Waals surface area contributed by atoms with Crippen LogP contribution in [-0.2, 0) is 4.79 Å².